The second-order valence-electron chi connectivity index (χ2n) is 4.40. The molecule has 0 unspecified atom stereocenters. The van der Waals surface area contributed by atoms with Crippen LogP contribution in [-0.4, -0.2) is 11.9 Å². The zero-order valence-corrected chi connectivity index (χ0v) is 11.5. The maximum atomic E-state index is 12.9. The number of aliphatic imine (C=N–C) groups is 1. The molecule has 1 aliphatic heterocycles. The van der Waals surface area contributed by atoms with E-state index in [4.69, 9.17) is 16.3 Å². The Morgan fingerprint density at radius 1 is 1.14 bits per heavy atom. The molecule has 2 aromatic rings. The van der Waals surface area contributed by atoms with Crippen LogP contribution in [0.1, 0.15) is 11.1 Å². The first-order valence-corrected chi connectivity index (χ1v) is 6.54. The van der Waals surface area contributed by atoms with E-state index in [1.54, 1.807) is 30.3 Å². The molecule has 0 spiro atoms. The maximum absolute atomic E-state index is 12.9. The van der Waals surface area contributed by atoms with E-state index in [2.05, 4.69) is 4.99 Å². The number of hydrogen-bond donors (Lipinski definition) is 0. The van der Waals surface area contributed by atoms with Gasteiger partial charge in [0, 0.05) is 10.6 Å². The predicted octanol–water partition coefficient (Wildman–Crippen LogP) is 3.82. The zero-order chi connectivity index (χ0) is 14.8. The van der Waals surface area contributed by atoms with Crippen molar-refractivity contribution in [3.63, 3.8) is 0 Å². The Morgan fingerprint density at radius 3 is 2.62 bits per heavy atom. The highest BCUT2D eigenvalue weighted by Crippen LogP contribution is 2.20. The molecule has 0 atom stereocenters. The van der Waals surface area contributed by atoms with Gasteiger partial charge in [0.25, 0.3) is 0 Å². The van der Waals surface area contributed by atoms with E-state index < -0.39 is 5.97 Å². The lowest BCUT2D eigenvalue weighted by Gasteiger charge is -1.98. The molecule has 5 heteroatoms. The molecular formula is C16H9ClFNO2. The molecule has 0 bridgehead atoms. The summed E-state index contributed by atoms with van der Waals surface area (Å²) in [7, 11) is 0. The van der Waals surface area contributed by atoms with Crippen molar-refractivity contribution < 1.29 is 13.9 Å². The average Bonchev–Trinajstić information content (AvgIpc) is 2.81. The molecule has 1 aliphatic rings. The van der Waals surface area contributed by atoms with Gasteiger partial charge in [0.15, 0.2) is 5.70 Å². The standard InChI is InChI=1S/C16H9ClFNO2/c17-12-3-1-2-10(8-12)9-14-16(20)21-15(19-14)11-4-6-13(18)7-5-11/h1-9H/b14-9+. The van der Waals surface area contributed by atoms with Gasteiger partial charge in [-0.3, -0.25) is 0 Å². The van der Waals surface area contributed by atoms with Crippen LogP contribution in [0.25, 0.3) is 6.08 Å². The van der Waals surface area contributed by atoms with Gasteiger partial charge in [-0.05, 0) is 48.0 Å². The first-order valence-electron chi connectivity index (χ1n) is 6.16. The zero-order valence-electron chi connectivity index (χ0n) is 10.7. The van der Waals surface area contributed by atoms with Crippen LogP contribution in [0.4, 0.5) is 4.39 Å². The van der Waals surface area contributed by atoms with Gasteiger partial charge < -0.3 is 4.74 Å². The van der Waals surface area contributed by atoms with Gasteiger partial charge in [-0.15, -0.1) is 0 Å². The van der Waals surface area contributed by atoms with Gasteiger partial charge >= 0.3 is 5.97 Å². The summed E-state index contributed by atoms with van der Waals surface area (Å²) >= 11 is 5.89. The number of cyclic esters (lactones) is 1. The number of hydrogen-bond acceptors (Lipinski definition) is 3. The quantitative estimate of drug-likeness (QED) is 0.625. The third-order valence-electron chi connectivity index (χ3n) is 2.86. The summed E-state index contributed by atoms with van der Waals surface area (Å²) in [4.78, 5) is 15.9. The Labute approximate surface area is 125 Å². The van der Waals surface area contributed by atoms with Crippen LogP contribution in [0.2, 0.25) is 5.02 Å². The lowest BCUT2D eigenvalue weighted by Crippen LogP contribution is -2.05. The molecule has 0 aromatic heterocycles. The second-order valence-corrected chi connectivity index (χ2v) is 4.83. The summed E-state index contributed by atoms with van der Waals surface area (Å²) in [5.41, 5.74) is 1.47. The van der Waals surface area contributed by atoms with Crippen molar-refractivity contribution >= 4 is 29.5 Å². The van der Waals surface area contributed by atoms with Crippen molar-refractivity contribution in [2.75, 3.05) is 0 Å². The molecule has 2 aromatic carbocycles. The molecule has 0 N–H and O–H groups in total. The summed E-state index contributed by atoms with van der Waals surface area (Å²) in [5, 5.41) is 0.568. The number of nitrogens with zero attached hydrogens (tertiary/aromatic N) is 1. The highest BCUT2D eigenvalue weighted by atomic mass is 35.5. The lowest BCUT2D eigenvalue weighted by atomic mass is 10.2. The molecule has 0 radical (unpaired) electrons. The van der Waals surface area contributed by atoms with Crippen LogP contribution in [0.3, 0.4) is 0 Å². The maximum Gasteiger partial charge on any atom is 0.363 e. The summed E-state index contributed by atoms with van der Waals surface area (Å²) in [6, 6.07) is 12.6. The minimum Gasteiger partial charge on any atom is -0.402 e. The molecule has 3 rings (SSSR count). The summed E-state index contributed by atoms with van der Waals surface area (Å²) in [6.45, 7) is 0. The topological polar surface area (TPSA) is 38.7 Å². The van der Waals surface area contributed by atoms with E-state index in [0.717, 1.165) is 5.56 Å². The molecule has 1 heterocycles. The molecule has 21 heavy (non-hydrogen) atoms. The van der Waals surface area contributed by atoms with E-state index in [9.17, 15) is 9.18 Å². The molecular weight excluding hydrogens is 293 g/mol. The minimum absolute atomic E-state index is 0.160. The Bertz CT molecular complexity index is 766. The van der Waals surface area contributed by atoms with Crippen LogP contribution in [0.15, 0.2) is 59.2 Å². The average molecular weight is 302 g/mol. The Kier molecular flexibility index (Phi) is 3.54. The molecule has 0 fully saturated rings. The normalized spacial score (nSPS) is 16.0. The van der Waals surface area contributed by atoms with Crippen LogP contribution < -0.4 is 0 Å². The van der Waals surface area contributed by atoms with Gasteiger partial charge in [-0.25, -0.2) is 14.2 Å². The second kappa shape index (κ2) is 5.50. The van der Waals surface area contributed by atoms with Gasteiger partial charge in [-0.1, -0.05) is 23.7 Å². The van der Waals surface area contributed by atoms with Crippen molar-refractivity contribution in [1.29, 1.82) is 0 Å². The third kappa shape index (κ3) is 3.01. The number of esters is 1. The van der Waals surface area contributed by atoms with E-state index in [1.165, 1.54) is 24.3 Å². The fourth-order valence-corrected chi connectivity index (χ4v) is 2.08. The van der Waals surface area contributed by atoms with E-state index in [0.29, 0.717) is 10.6 Å². The predicted molar refractivity (Wildman–Crippen MR) is 78.5 cm³/mol. The lowest BCUT2D eigenvalue weighted by molar-refractivity contribution is -0.129. The molecule has 0 amide bonds. The molecule has 0 saturated heterocycles. The molecule has 0 saturated carbocycles. The van der Waals surface area contributed by atoms with Crippen molar-refractivity contribution in [3.05, 3.63) is 76.2 Å². The Morgan fingerprint density at radius 2 is 1.90 bits per heavy atom. The first kappa shape index (κ1) is 13.5. The van der Waals surface area contributed by atoms with Crippen LogP contribution in [0, 0.1) is 5.82 Å². The highest BCUT2D eigenvalue weighted by molar-refractivity contribution is 6.30. The van der Waals surface area contributed by atoms with Gasteiger partial charge in [-0.2, -0.15) is 0 Å². The van der Waals surface area contributed by atoms with Crippen molar-refractivity contribution in [2.45, 2.75) is 0 Å². The van der Waals surface area contributed by atoms with E-state index in [1.807, 2.05) is 0 Å². The highest BCUT2D eigenvalue weighted by Gasteiger charge is 2.24. The number of rotatable bonds is 2. The first-order chi connectivity index (χ1) is 10.1. The molecule has 104 valence electrons. The Hall–Kier alpha value is -2.46. The van der Waals surface area contributed by atoms with E-state index >= 15 is 0 Å². The van der Waals surface area contributed by atoms with Crippen LogP contribution >= 0.6 is 11.6 Å². The summed E-state index contributed by atoms with van der Waals surface area (Å²) in [5.74, 6) is -0.749. The largest absolute Gasteiger partial charge is 0.402 e. The fraction of sp³-hybridized carbons (Fsp3) is 0. The number of ether oxygens (including phenoxy) is 1. The smallest absolute Gasteiger partial charge is 0.363 e. The number of benzene rings is 2. The number of carbonyl (C=O) groups excluding carboxylic acids is 1. The Balaban J connectivity index is 1.93. The minimum atomic E-state index is -0.547. The van der Waals surface area contributed by atoms with Gasteiger partial charge in [0.2, 0.25) is 5.90 Å². The fourth-order valence-electron chi connectivity index (χ4n) is 1.88. The van der Waals surface area contributed by atoms with Crippen molar-refractivity contribution in [3.8, 4) is 0 Å². The summed E-state index contributed by atoms with van der Waals surface area (Å²) < 4.78 is 18.0. The van der Waals surface area contributed by atoms with Crippen LogP contribution in [0.5, 0.6) is 0 Å². The van der Waals surface area contributed by atoms with Crippen molar-refractivity contribution in [2.24, 2.45) is 4.99 Å². The molecule has 3 nitrogen and oxygen atoms in total. The number of halogens is 2. The van der Waals surface area contributed by atoms with Crippen molar-refractivity contribution in [1.82, 2.24) is 0 Å². The van der Waals surface area contributed by atoms with E-state index in [-0.39, 0.29) is 17.4 Å². The van der Waals surface area contributed by atoms with Gasteiger partial charge in [0.05, 0.1) is 0 Å². The van der Waals surface area contributed by atoms with Crippen LogP contribution in [-0.2, 0) is 9.53 Å². The SMILES string of the molecule is O=C1OC(c2ccc(F)cc2)=N/C1=C/c1cccc(Cl)c1. The summed E-state index contributed by atoms with van der Waals surface area (Å²) in [6.07, 6.45) is 1.59. The number of carbonyl (C=O) groups is 1. The van der Waals surface area contributed by atoms with Gasteiger partial charge in [0.1, 0.15) is 5.82 Å². The molecule has 0 aliphatic carbocycles. The monoisotopic (exact) mass is 301 g/mol. The third-order valence-corrected chi connectivity index (χ3v) is 3.10.